The second-order valence-corrected chi connectivity index (χ2v) is 6.93. The average Bonchev–Trinajstić information content (AvgIpc) is 3.31. The number of rotatable bonds is 2. The van der Waals surface area contributed by atoms with Crippen molar-refractivity contribution in [2.45, 2.75) is 0 Å². The molecule has 3 aromatic heterocycles. The van der Waals surface area contributed by atoms with E-state index in [0.717, 1.165) is 10.5 Å². The van der Waals surface area contributed by atoms with Gasteiger partial charge in [-0.2, -0.15) is 0 Å². The lowest BCUT2D eigenvalue weighted by Crippen LogP contribution is -2.50. The maximum absolute atomic E-state index is 12.7. The zero-order valence-electron chi connectivity index (χ0n) is 13.8. The summed E-state index contributed by atoms with van der Waals surface area (Å²) in [4.78, 5) is 38.0. The molecule has 128 valence electrons. The van der Waals surface area contributed by atoms with E-state index in [0.29, 0.717) is 37.3 Å². The van der Waals surface area contributed by atoms with Crippen LogP contribution in [-0.4, -0.2) is 62.3 Å². The van der Waals surface area contributed by atoms with Gasteiger partial charge < -0.3 is 14.4 Å². The van der Waals surface area contributed by atoms with Gasteiger partial charge in [0.15, 0.2) is 5.65 Å². The van der Waals surface area contributed by atoms with Crippen molar-refractivity contribution in [3.63, 3.8) is 0 Å². The number of aromatic nitrogens is 3. The standard InChI is InChI=1S/C17H17N5O2S/c1-20-11-19-13-9-12(10-18-15(13)20)16(23)21-4-6-22(7-5-21)17(24)14-3-2-8-25-14/h2-3,8-11H,4-7H2,1H3. The number of imidazole rings is 1. The normalized spacial score (nSPS) is 14.9. The zero-order valence-corrected chi connectivity index (χ0v) is 14.6. The second kappa shape index (κ2) is 6.29. The lowest BCUT2D eigenvalue weighted by molar-refractivity contribution is 0.0538. The number of nitrogens with zero attached hydrogens (tertiary/aromatic N) is 5. The van der Waals surface area contributed by atoms with Crippen LogP contribution in [0.15, 0.2) is 36.1 Å². The van der Waals surface area contributed by atoms with Gasteiger partial charge in [0, 0.05) is 39.4 Å². The highest BCUT2D eigenvalue weighted by atomic mass is 32.1. The number of thiophene rings is 1. The van der Waals surface area contributed by atoms with Gasteiger partial charge in [0.25, 0.3) is 11.8 Å². The van der Waals surface area contributed by atoms with Gasteiger partial charge in [-0.1, -0.05) is 6.07 Å². The van der Waals surface area contributed by atoms with Gasteiger partial charge in [-0.3, -0.25) is 9.59 Å². The summed E-state index contributed by atoms with van der Waals surface area (Å²) in [5.74, 6) is -0.0260. The van der Waals surface area contributed by atoms with Crippen LogP contribution in [-0.2, 0) is 7.05 Å². The fraction of sp³-hybridized carbons (Fsp3) is 0.294. The van der Waals surface area contributed by atoms with Gasteiger partial charge in [0.1, 0.15) is 5.52 Å². The van der Waals surface area contributed by atoms with Crippen LogP contribution in [0.3, 0.4) is 0 Å². The van der Waals surface area contributed by atoms with Crippen LogP contribution in [0.25, 0.3) is 11.2 Å². The van der Waals surface area contributed by atoms with Crippen LogP contribution in [0.5, 0.6) is 0 Å². The Morgan fingerprint density at radius 1 is 1.08 bits per heavy atom. The minimum Gasteiger partial charge on any atom is -0.335 e. The summed E-state index contributed by atoms with van der Waals surface area (Å²) >= 11 is 1.44. The summed E-state index contributed by atoms with van der Waals surface area (Å²) in [7, 11) is 1.87. The first kappa shape index (κ1) is 15.8. The predicted octanol–water partition coefficient (Wildman–Crippen LogP) is 1.63. The van der Waals surface area contributed by atoms with Crippen molar-refractivity contribution in [3.8, 4) is 0 Å². The molecule has 4 heterocycles. The Morgan fingerprint density at radius 2 is 1.80 bits per heavy atom. The molecule has 3 aromatic rings. The highest BCUT2D eigenvalue weighted by molar-refractivity contribution is 7.12. The molecule has 1 aliphatic heterocycles. The SMILES string of the molecule is Cn1cnc2cc(C(=O)N3CCN(C(=O)c4cccs4)CC3)cnc21. The Bertz CT molecular complexity index is 926. The third kappa shape index (κ3) is 2.89. The molecule has 8 heteroatoms. The molecular weight excluding hydrogens is 338 g/mol. The molecule has 0 saturated carbocycles. The Kier molecular flexibility index (Phi) is 3.96. The Labute approximate surface area is 148 Å². The number of pyridine rings is 1. The average molecular weight is 355 g/mol. The zero-order chi connectivity index (χ0) is 17.4. The van der Waals surface area contributed by atoms with E-state index < -0.39 is 0 Å². The van der Waals surface area contributed by atoms with Crippen LogP contribution < -0.4 is 0 Å². The molecule has 0 radical (unpaired) electrons. The summed E-state index contributed by atoms with van der Waals surface area (Å²) in [5, 5.41) is 1.90. The highest BCUT2D eigenvalue weighted by Gasteiger charge is 2.26. The van der Waals surface area contributed by atoms with Crippen LogP contribution in [0.4, 0.5) is 0 Å². The minimum atomic E-state index is -0.0664. The van der Waals surface area contributed by atoms with E-state index in [1.165, 1.54) is 11.3 Å². The second-order valence-electron chi connectivity index (χ2n) is 5.98. The van der Waals surface area contributed by atoms with Crippen molar-refractivity contribution >= 4 is 34.3 Å². The van der Waals surface area contributed by atoms with E-state index in [4.69, 9.17) is 0 Å². The van der Waals surface area contributed by atoms with Crippen molar-refractivity contribution in [3.05, 3.63) is 46.5 Å². The Morgan fingerprint density at radius 3 is 2.48 bits per heavy atom. The molecule has 2 amide bonds. The Hall–Kier alpha value is -2.74. The number of amides is 2. The van der Waals surface area contributed by atoms with E-state index in [1.54, 1.807) is 28.4 Å². The molecule has 0 spiro atoms. The van der Waals surface area contributed by atoms with E-state index in [1.807, 2.05) is 29.1 Å². The minimum absolute atomic E-state index is 0.0404. The lowest BCUT2D eigenvalue weighted by Gasteiger charge is -2.34. The van der Waals surface area contributed by atoms with Gasteiger partial charge in [-0.05, 0) is 17.5 Å². The van der Waals surface area contributed by atoms with Gasteiger partial charge in [-0.15, -0.1) is 11.3 Å². The van der Waals surface area contributed by atoms with E-state index >= 15 is 0 Å². The molecule has 4 rings (SSSR count). The molecule has 1 saturated heterocycles. The van der Waals surface area contributed by atoms with Crippen molar-refractivity contribution < 1.29 is 9.59 Å². The largest absolute Gasteiger partial charge is 0.335 e. The van der Waals surface area contributed by atoms with Crippen molar-refractivity contribution in [1.82, 2.24) is 24.3 Å². The summed E-state index contributed by atoms with van der Waals surface area (Å²) in [6.45, 7) is 2.13. The Balaban J connectivity index is 1.44. The highest BCUT2D eigenvalue weighted by Crippen LogP contribution is 2.16. The topological polar surface area (TPSA) is 71.3 Å². The summed E-state index contributed by atoms with van der Waals surface area (Å²) in [6, 6.07) is 5.48. The molecule has 0 aliphatic carbocycles. The van der Waals surface area contributed by atoms with Crippen molar-refractivity contribution in [1.29, 1.82) is 0 Å². The molecule has 25 heavy (non-hydrogen) atoms. The molecule has 7 nitrogen and oxygen atoms in total. The van der Waals surface area contributed by atoms with Gasteiger partial charge in [-0.25, -0.2) is 9.97 Å². The molecule has 1 aliphatic rings. The van der Waals surface area contributed by atoms with Crippen LogP contribution >= 0.6 is 11.3 Å². The number of hydrogen-bond donors (Lipinski definition) is 0. The fourth-order valence-electron chi connectivity index (χ4n) is 2.98. The fourth-order valence-corrected chi connectivity index (χ4v) is 3.68. The van der Waals surface area contributed by atoms with Crippen molar-refractivity contribution in [2.24, 2.45) is 7.05 Å². The van der Waals surface area contributed by atoms with E-state index in [2.05, 4.69) is 9.97 Å². The third-order valence-electron chi connectivity index (χ3n) is 4.38. The molecule has 1 fully saturated rings. The van der Waals surface area contributed by atoms with Crippen molar-refractivity contribution in [2.75, 3.05) is 26.2 Å². The maximum Gasteiger partial charge on any atom is 0.264 e. The van der Waals surface area contributed by atoms with Gasteiger partial charge >= 0.3 is 0 Å². The van der Waals surface area contributed by atoms with Gasteiger partial charge in [0.2, 0.25) is 0 Å². The summed E-state index contributed by atoms with van der Waals surface area (Å²) in [5.41, 5.74) is 1.99. The quantitative estimate of drug-likeness (QED) is 0.700. The number of fused-ring (bicyclic) bond motifs is 1. The van der Waals surface area contributed by atoms with Crippen LogP contribution in [0.2, 0.25) is 0 Å². The third-order valence-corrected chi connectivity index (χ3v) is 5.24. The first-order valence-corrected chi connectivity index (χ1v) is 8.90. The molecule has 0 aromatic carbocycles. The number of carbonyl (C=O) groups is 2. The molecular formula is C17H17N5O2S. The summed E-state index contributed by atoms with van der Waals surface area (Å²) in [6.07, 6.45) is 3.27. The lowest BCUT2D eigenvalue weighted by atomic mass is 10.2. The summed E-state index contributed by atoms with van der Waals surface area (Å²) < 4.78 is 1.82. The van der Waals surface area contributed by atoms with E-state index in [9.17, 15) is 9.59 Å². The smallest absolute Gasteiger partial charge is 0.264 e. The van der Waals surface area contributed by atoms with Crippen LogP contribution in [0.1, 0.15) is 20.0 Å². The monoisotopic (exact) mass is 355 g/mol. The van der Waals surface area contributed by atoms with E-state index in [-0.39, 0.29) is 11.8 Å². The number of piperazine rings is 1. The predicted molar refractivity (Wildman–Crippen MR) is 94.6 cm³/mol. The first-order chi connectivity index (χ1) is 12.1. The number of aryl methyl sites for hydroxylation is 1. The molecule has 0 bridgehead atoms. The number of hydrogen-bond acceptors (Lipinski definition) is 5. The van der Waals surface area contributed by atoms with Gasteiger partial charge in [0.05, 0.1) is 16.8 Å². The number of carbonyl (C=O) groups excluding carboxylic acids is 2. The van der Waals surface area contributed by atoms with Crippen LogP contribution in [0, 0.1) is 0 Å². The molecule has 0 unspecified atom stereocenters. The molecule has 0 atom stereocenters. The maximum atomic E-state index is 12.7. The first-order valence-electron chi connectivity index (χ1n) is 8.02. The molecule has 0 N–H and O–H groups in total.